The molecule has 0 aromatic heterocycles. The standard InChI is InChI=1S/C26H34F3N3O2/c1-3-19(4-2)24(33)31-10-9-21-13-32(16-25(21,15-31)17-34-14-18-5-6-18)22-8-7-20(12-30)23(11-22)26(27,28)29/h7-8,11,18-19,21H,3-6,9-10,13-17H2,1-2H3/t21-,25+/m0/s1. The first-order valence-electron chi connectivity index (χ1n) is 12.4. The predicted molar refractivity (Wildman–Crippen MR) is 123 cm³/mol. The van der Waals surface area contributed by atoms with Crippen LogP contribution >= 0.6 is 0 Å². The molecular weight excluding hydrogens is 443 g/mol. The number of alkyl halides is 3. The van der Waals surface area contributed by atoms with Gasteiger partial charge in [-0.05, 0) is 62.1 Å². The molecule has 3 aliphatic rings. The van der Waals surface area contributed by atoms with Gasteiger partial charge in [0.15, 0.2) is 0 Å². The zero-order valence-corrected chi connectivity index (χ0v) is 20.0. The molecule has 1 aliphatic carbocycles. The third-order valence-corrected chi connectivity index (χ3v) is 7.95. The summed E-state index contributed by atoms with van der Waals surface area (Å²) in [4.78, 5) is 17.1. The molecule has 1 amide bonds. The van der Waals surface area contributed by atoms with Crippen LogP contribution in [0.15, 0.2) is 18.2 Å². The number of likely N-dealkylation sites (tertiary alicyclic amines) is 1. The van der Waals surface area contributed by atoms with Crippen LogP contribution in [0, 0.1) is 34.5 Å². The zero-order valence-electron chi connectivity index (χ0n) is 20.0. The van der Waals surface area contributed by atoms with E-state index in [2.05, 4.69) is 0 Å². The number of hydrogen-bond donors (Lipinski definition) is 0. The Hall–Kier alpha value is -2.27. The molecule has 2 atom stereocenters. The molecule has 0 bridgehead atoms. The fourth-order valence-corrected chi connectivity index (χ4v) is 5.65. The summed E-state index contributed by atoms with van der Waals surface area (Å²) in [7, 11) is 0. The number of carbonyl (C=O) groups excluding carboxylic acids is 1. The molecule has 2 saturated heterocycles. The Morgan fingerprint density at radius 3 is 2.59 bits per heavy atom. The summed E-state index contributed by atoms with van der Waals surface area (Å²) < 4.78 is 46.9. The van der Waals surface area contributed by atoms with E-state index in [0.29, 0.717) is 51.0 Å². The average molecular weight is 478 g/mol. The molecule has 2 aliphatic heterocycles. The smallest absolute Gasteiger partial charge is 0.380 e. The van der Waals surface area contributed by atoms with Gasteiger partial charge < -0.3 is 14.5 Å². The molecular formula is C26H34F3N3O2. The molecule has 3 fully saturated rings. The van der Waals surface area contributed by atoms with E-state index in [1.165, 1.54) is 18.9 Å². The summed E-state index contributed by atoms with van der Waals surface area (Å²) >= 11 is 0. The maximum atomic E-state index is 13.6. The molecule has 186 valence electrons. The van der Waals surface area contributed by atoms with Gasteiger partial charge in [-0.15, -0.1) is 0 Å². The second-order valence-electron chi connectivity index (χ2n) is 10.3. The minimum absolute atomic E-state index is 0.00589. The van der Waals surface area contributed by atoms with Gasteiger partial charge in [-0.2, -0.15) is 18.4 Å². The first-order chi connectivity index (χ1) is 16.2. The van der Waals surface area contributed by atoms with Crippen LogP contribution in [0.2, 0.25) is 0 Å². The van der Waals surface area contributed by atoms with Crippen molar-refractivity contribution in [3.05, 3.63) is 29.3 Å². The Kier molecular flexibility index (Phi) is 7.14. The largest absolute Gasteiger partial charge is 0.417 e. The number of hydrogen-bond acceptors (Lipinski definition) is 4. The van der Waals surface area contributed by atoms with Crippen molar-refractivity contribution < 1.29 is 22.7 Å². The van der Waals surface area contributed by atoms with Crippen LogP contribution in [-0.4, -0.2) is 50.2 Å². The normalized spacial score (nSPS) is 24.9. The highest BCUT2D eigenvalue weighted by molar-refractivity contribution is 5.79. The molecule has 2 heterocycles. The van der Waals surface area contributed by atoms with E-state index >= 15 is 0 Å². The minimum Gasteiger partial charge on any atom is -0.380 e. The van der Waals surface area contributed by atoms with Crippen molar-refractivity contribution in [1.82, 2.24) is 4.90 Å². The number of amides is 1. The van der Waals surface area contributed by atoms with Crippen LogP contribution in [0.1, 0.15) is 57.1 Å². The van der Waals surface area contributed by atoms with E-state index in [9.17, 15) is 18.0 Å². The van der Waals surface area contributed by atoms with Gasteiger partial charge in [0.1, 0.15) is 0 Å². The van der Waals surface area contributed by atoms with E-state index in [4.69, 9.17) is 10.00 Å². The van der Waals surface area contributed by atoms with Crippen molar-refractivity contribution in [1.29, 1.82) is 5.26 Å². The zero-order chi connectivity index (χ0) is 24.5. The van der Waals surface area contributed by atoms with Gasteiger partial charge in [0.05, 0.1) is 23.8 Å². The summed E-state index contributed by atoms with van der Waals surface area (Å²) in [6.45, 7) is 7.72. The lowest BCUT2D eigenvalue weighted by Crippen LogP contribution is -2.54. The quantitative estimate of drug-likeness (QED) is 0.523. The number of carbonyl (C=O) groups is 1. The fraction of sp³-hybridized carbons (Fsp3) is 0.692. The van der Waals surface area contributed by atoms with Crippen LogP contribution in [0.5, 0.6) is 0 Å². The summed E-state index contributed by atoms with van der Waals surface area (Å²) in [5.41, 5.74) is -1.09. The summed E-state index contributed by atoms with van der Waals surface area (Å²) in [5, 5.41) is 9.14. The van der Waals surface area contributed by atoms with Crippen LogP contribution < -0.4 is 4.90 Å². The second-order valence-corrected chi connectivity index (χ2v) is 10.3. The molecule has 1 aromatic rings. The van der Waals surface area contributed by atoms with Crippen LogP contribution in [0.3, 0.4) is 0 Å². The van der Waals surface area contributed by atoms with Gasteiger partial charge in [-0.3, -0.25) is 4.79 Å². The number of fused-ring (bicyclic) bond motifs is 1. The Balaban J connectivity index is 1.58. The maximum Gasteiger partial charge on any atom is 0.417 e. The Bertz CT molecular complexity index is 936. The Morgan fingerprint density at radius 1 is 1.24 bits per heavy atom. The van der Waals surface area contributed by atoms with E-state index in [1.54, 1.807) is 12.1 Å². The average Bonchev–Trinajstić information content (AvgIpc) is 3.56. The lowest BCUT2D eigenvalue weighted by Gasteiger charge is -2.44. The maximum absolute atomic E-state index is 13.6. The number of halogens is 3. The van der Waals surface area contributed by atoms with Gasteiger partial charge in [0, 0.05) is 49.8 Å². The van der Waals surface area contributed by atoms with Gasteiger partial charge in [0.2, 0.25) is 5.91 Å². The van der Waals surface area contributed by atoms with Gasteiger partial charge in [0.25, 0.3) is 0 Å². The van der Waals surface area contributed by atoms with Crippen LogP contribution in [0.25, 0.3) is 0 Å². The summed E-state index contributed by atoms with van der Waals surface area (Å²) in [6.07, 6.45) is 0.214. The molecule has 0 radical (unpaired) electrons. The first-order valence-corrected chi connectivity index (χ1v) is 12.4. The fourth-order valence-electron chi connectivity index (χ4n) is 5.65. The molecule has 5 nitrogen and oxygen atoms in total. The monoisotopic (exact) mass is 477 g/mol. The Morgan fingerprint density at radius 2 is 1.97 bits per heavy atom. The number of anilines is 1. The van der Waals surface area contributed by atoms with Crippen LogP contribution in [-0.2, 0) is 15.7 Å². The van der Waals surface area contributed by atoms with Crippen molar-refractivity contribution >= 4 is 11.6 Å². The van der Waals surface area contributed by atoms with Crippen molar-refractivity contribution in [2.75, 3.05) is 44.3 Å². The molecule has 0 spiro atoms. The highest BCUT2D eigenvalue weighted by Crippen LogP contribution is 2.46. The summed E-state index contributed by atoms with van der Waals surface area (Å²) in [6, 6.07) is 5.63. The van der Waals surface area contributed by atoms with Gasteiger partial charge >= 0.3 is 6.18 Å². The number of rotatable bonds is 8. The number of piperidine rings is 1. The van der Waals surface area contributed by atoms with Crippen LogP contribution in [0.4, 0.5) is 18.9 Å². The predicted octanol–water partition coefficient (Wildman–Crippen LogP) is 5.09. The Labute approximate surface area is 199 Å². The van der Waals surface area contributed by atoms with Gasteiger partial charge in [-0.1, -0.05) is 13.8 Å². The molecule has 0 N–H and O–H groups in total. The molecule has 4 rings (SSSR count). The third-order valence-electron chi connectivity index (χ3n) is 7.95. The molecule has 8 heteroatoms. The molecule has 34 heavy (non-hydrogen) atoms. The number of nitriles is 1. The molecule has 1 saturated carbocycles. The van der Waals surface area contributed by atoms with E-state index < -0.39 is 11.7 Å². The second kappa shape index (κ2) is 9.77. The molecule has 1 aromatic carbocycles. The van der Waals surface area contributed by atoms with Crippen molar-refractivity contribution in [2.45, 2.75) is 52.1 Å². The highest BCUT2D eigenvalue weighted by Gasteiger charge is 2.51. The SMILES string of the molecule is CCC(CC)C(=O)N1CC[C@H]2CN(c3ccc(C#N)c(C(F)(F)F)c3)C[C@@]2(COCC2CC2)C1. The number of ether oxygens (including phenoxy) is 1. The van der Waals surface area contributed by atoms with Crippen molar-refractivity contribution in [2.24, 2.45) is 23.2 Å². The topological polar surface area (TPSA) is 56.6 Å². The lowest BCUT2D eigenvalue weighted by molar-refractivity contribution is -0.142. The minimum atomic E-state index is -4.59. The van der Waals surface area contributed by atoms with E-state index in [-0.39, 0.29) is 28.7 Å². The first kappa shape index (κ1) is 24.8. The van der Waals surface area contributed by atoms with E-state index in [1.807, 2.05) is 23.6 Å². The van der Waals surface area contributed by atoms with Crippen molar-refractivity contribution in [3.63, 3.8) is 0 Å². The van der Waals surface area contributed by atoms with Crippen molar-refractivity contribution in [3.8, 4) is 6.07 Å². The van der Waals surface area contributed by atoms with E-state index in [0.717, 1.165) is 25.3 Å². The summed E-state index contributed by atoms with van der Waals surface area (Å²) in [5.74, 6) is 1.04. The highest BCUT2D eigenvalue weighted by atomic mass is 19.4. The number of benzene rings is 1. The number of nitrogens with zero attached hydrogens (tertiary/aromatic N) is 3. The molecule has 0 unspecified atom stereocenters. The third kappa shape index (κ3) is 5.05. The lowest BCUT2D eigenvalue weighted by atomic mass is 9.73. The van der Waals surface area contributed by atoms with Gasteiger partial charge in [-0.25, -0.2) is 0 Å².